The third-order valence-corrected chi connectivity index (χ3v) is 5.17. The molecule has 78 valence electrons. The maximum atomic E-state index is 11.5. The van der Waals surface area contributed by atoms with Gasteiger partial charge in [0.15, 0.2) is 0 Å². The third kappa shape index (κ3) is 3.22. The zero-order valence-corrected chi connectivity index (χ0v) is 10.3. The van der Waals surface area contributed by atoms with E-state index in [1.54, 1.807) is 11.2 Å². The Labute approximate surface area is 88.7 Å². The van der Waals surface area contributed by atoms with E-state index in [4.69, 9.17) is 0 Å². The largest absolute Gasteiger partial charge is 0.213 e. The van der Waals surface area contributed by atoms with Gasteiger partial charge in [0.05, 0.1) is 5.75 Å². The van der Waals surface area contributed by atoms with Crippen LogP contribution in [0.4, 0.5) is 0 Å². The third-order valence-electron chi connectivity index (χ3n) is 2.37. The Balaban J connectivity index is 2.61. The summed E-state index contributed by atoms with van der Waals surface area (Å²) >= 11 is 3.53. The van der Waals surface area contributed by atoms with Crippen LogP contribution in [0.2, 0.25) is 0 Å². The first kappa shape index (κ1) is 11.5. The maximum absolute atomic E-state index is 11.5. The van der Waals surface area contributed by atoms with Crippen LogP contribution in [0, 0.1) is 0 Å². The number of hydrogen-bond acceptors (Lipinski definition) is 2. The molecule has 0 amide bonds. The van der Waals surface area contributed by atoms with Crippen LogP contribution in [0.1, 0.15) is 26.2 Å². The van der Waals surface area contributed by atoms with Gasteiger partial charge in [-0.15, -0.1) is 0 Å². The first-order chi connectivity index (χ1) is 6.06. The van der Waals surface area contributed by atoms with Gasteiger partial charge < -0.3 is 0 Å². The van der Waals surface area contributed by atoms with Crippen molar-refractivity contribution in [1.82, 2.24) is 4.31 Å². The Kier molecular flexibility index (Phi) is 4.19. The minimum Gasteiger partial charge on any atom is -0.212 e. The summed E-state index contributed by atoms with van der Waals surface area (Å²) in [4.78, 5) is 0.490. The van der Waals surface area contributed by atoms with Crippen LogP contribution in [0.5, 0.6) is 0 Å². The van der Waals surface area contributed by atoms with Crippen molar-refractivity contribution in [3.63, 3.8) is 0 Å². The molecule has 5 heteroatoms. The second-order valence-corrected chi connectivity index (χ2v) is 6.88. The van der Waals surface area contributed by atoms with Crippen molar-refractivity contribution < 1.29 is 8.42 Å². The molecule has 0 aliphatic carbocycles. The van der Waals surface area contributed by atoms with Crippen molar-refractivity contribution in [1.29, 1.82) is 0 Å². The van der Waals surface area contributed by atoms with Gasteiger partial charge in [0.2, 0.25) is 10.0 Å². The topological polar surface area (TPSA) is 37.4 Å². The Morgan fingerprint density at radius 3 is 2.69 bits per heavy atom. The van der Waals surface area contributed by atoms with Crippen LogP contribution >= 0.6 is 15.9 Å². The van der Waals surface area contributed by atoms with E-state index in [9.17, 15) is 8.42 Å². The molecule has 3 nitrogen and oxygen atoms in total. The average Bonchev–Trinajstić information content (AvgIpc) is 2.30. The van der Waals surface area contributed by atoms with Gasteiger partial charge in [-0.1, -0.05) is 15.9 Å². The Hall–Kier alpha value is 0.390. The molecular formula is C8H16BrNO2S. The zero-order valence-electron chi connectivity index (χ0n) is 7.87. The smallest absolute Gasteiger partial charge is 0.212 e. The molecule has 0 aromatic rings. The second-order valence-electron chi connectivity index (χ2n) is 3.33. The van der Waals surface area contributed by atoms with Crippen LogP contribution in [-0.2, 0) is 10.0 Å². The van der Waals surface area contributed by atoms with Crippen LogP contribution in [0.25, 0.3) is 0 Å². The van der Waals surface area contributed by atoms with E-state index in [-0.39, 0.29) is 5.75 Å². The molecule has 0 N–H and O–H groups in total. The Bertz CT molecular complexity index is 253. The number of sulfonamides is 1. The monoisotopic (exact) mass is 269 g/mol. The molecule has 0 saturated carbocycles. The van der Waals surface area contributed by atoms with Gasteiger partial charge in [-0.25, -0.2) is 12.7 Å². The highest BCUT2D eigenvalue weighted by atomic mass is 79.9. The summed E-state index contributed by atoms with van der Waals surface area (Å²) in [5.74, 6) is 0.222. The number of rotatable bonds is 2. The standard InChI is InChI=1S/C8H16BrNO2S/c1-2-13(11,12)10-6-3-4-8(9)5-7-10/h8H,2-7H2,1H3. The van der Waals surface area contributed by atoms with Gasteiger partial charge in [0.25, 0.3) is 0 Å². The molecule has 1 unspecified atom stereocenters. The molecule has 0 aromatic carbocycles. The summed E-state index contributed by atoms with van der Waals surface area (Å²) in [5, 5.41) is 0. The highest BCUT2D eigenvalue weighted by molar-refractivity contribution is 9.09. The first-order valence-corrected chi connectivity index (χ1v) is 7.20. The predicted octanol–water partition coefficient (Wildman–Crippen LogP) is 1.59. The van der Waals surface area contributed by atoms with Crippen LogP contribution in [0.3, 0.4) is 0 Å². The van der Waals surface area contributed by atoms with Gasteiger partial charge in [-0.05, 0) is 26.2 Å². The quantitative estimate of drug-likeness (QED) is 0.714. The highest BCUT2D eigenvalue weighted by Gasteiger charge is 2.23. The second kappa shape index (κ2) is 4.75. The molecule has 1 saturated heterocycles. The van der Waals surface area contributed by atoms with Gasteiger partial charge in [0.1, 0.15) is 0 Å². The van der Waals surface area contributed by atoms with Crippen LogP contribution in [-0.4, -0.2) is 36.4 Å². The molecule has 1 atom stereocenters. The van der Waals surface area contributed by atoms with Gasteiger partial charge in [0, 0.05) is 17.9 Å². The molecule has 1 rings (SSSR count). The lowest BCUT2D eigenvalue weighted by atomic mass is 10.2. The molecule has 0 spiro atoms. The van der Waals surface area contributed by atoms with E-state index in [0.29, 0.717) is 17.9 Å². The molecule has 0 radical (unpaired) electrons. The van der Waals surface area contributed by atoms with Gasteiger partial charge >= 0.3 is 0 Å². The Morgan fingerprint density at radius 1 is 1.38 bits per heavy atom. The minimum atomic E-state index is -2.96. The fourth-order valence-corrected chi connectivity index (χ4v) is 3.17. The molecule has 1 heterocycles. The van der Waals surface area contributed by atoms with Crippen molar-refractivity contribution in [3.8, 4) is 0 Å². The zero-order chi connectivity index (χ0) is 9.90. The van der Waals surface area contributed by atoms with Crippen molar-refractivity contribution in [3.05, 3.63) is 0 Å². The first-order valence-electron chi connectivity index (χ1n) is 4.68. The SMILES string of the molecule is CCS(=O)(=O)N1CCCC(Br)CC1. The fraction of sp³-hybridized carbons (Fsp3) is 1.00. The van der Waals surface area contributed by atoms with E-state index in [1.165, 1.54) is 0 Å². The molecule has 13 heavy (non-hydrogen) atoms. The summed E-state index contributed by atoms with van der Waals surface area (Å²) in [6, 6.07) is 0. The van der Waals surface area contributed by atoms with Gasteiger partial charge in [-0.3, -0.25) is 0 Å². The molecule has 1 aliphatic rings. The highest BCUT2D eigenvalue weighted by Crippen LogP contribution is 2.19. The normalized spacial score (nSPS) is 27.1. The maximum Gasteiger partial charge on any atom is 0.213 e. The molecular weight excluding hydrogens is 254 g/mol. The summed E-state index contributed by atoms with van der Waals surface area (Å²) in [7, 11) is -2.96. The van der Waals surface area contributed by atoms with E-state index >= 15 is 0 Å². The summed E-state index contributed by atoms with van der Waals surface area (Å²) in [6.07, 6.45) is 2.98. The van der Waals surface area contributed by atoms with Crippen molar-refractivity contribution in [2.45, 2.75) is 31.0 Å². The van der Waals surface area contributed by atoms with E-state index in [2.05, 4.69) is 15.9 Å². The van der Waals surface area contributed by atoms with Crippen molar-refractivity contribution in [2.24, 2.45) is 0 Å². The molecule has 1 aliphatic heterocycles. The number of hydrogen-bond donors (Lipinski definition) is 0. The number of halogens is 1. The molecule has 1 fully saturated rings. The summed E-state index contributed by atoms with van der Waals surface area (Å²) in [5.41, 5.74) is 0. The lowest BCUT2D eigenvalue weighted by Crippen LogP contribution is -2.33. The van der Waals surface area contributed by atoms with E-state index in [0.717, 1.165) is 19.3 Å². The van der Waals surface area contributed by atoms with Crippen molar-refractivity contribution >= 4 is 26.0 Å². The summed E-state index contributed by atoms with van der Waals surface area (Å²) in [6.45, 7) is 3.07. The van der Waals surface area contributed by atoms with E-state index in [1.807, 2.05) is 0 Å². The van der Waals surface area contributed by atoms with Crippen LogP contribution in [0.15, 0.2) is 0 Å². The average molecular weight is 270 g/mol. The number of alkyl halides is 1. The van der Waals surface area contributed by atoms with Crippen LogP contribution < -0.4 is 0 Å². The number of nitrogens with zero attached hydrogens (tertiary/aromatic N) is 1. The summed E-state index contributed by atoms with van der Waals surface area (Å²) < 4.78 is 24.7. The minimum absolute atomic E-state index is 0.222. The van der Waals surface area contributed by atoms with Crippen molar-refractivity contribution in [2.75, 3.05) is 18.8 Å². The van der Waals surface area contributed by atoms with Gasteiger partial charge in [-0.2, -0.15) is 0 Å². The molecule has 0 bridgehead atoms. The predicted molar refractivity (Wildman–Crippen MR) is 57.6 cm³/mol. The lowest BCUT2D eigenvalue weighted by molar-refractivity contribution is 0.425. The molecule has 0 aromatic heterocycles. The van der Waals surface area contributed by atoms with E-state index < -0.39 is 10.0 Å². The fourth-order valence-electron chi connectivity index (χ4n) is 1.49. The lowest BCUT2D eigenvalue weighted by Gasteiger charge is -2.18. The Morgan fingerprint density at radius 2 is 2.08 bits per heavy atom.